The Morgan fingerprint density at radius 1 is 1.05 bits per heavy atom. The van der Waals surface area contributed by atoms with Crippen LogP contribution >= 0.6 is 59.1 Å². The van der Waals surface area contributed by atoms with E-state index in [1.165, 1.54) is 30.1 Å². The van der Waals surface area contributed by atoms with E-state index in [9.17, 15) is 9.59 Å². The zero-order chi connectivity index (χ0) is 27.7. The van der Waals surface area contributed by atoms with Gasteiger partial charge in [0.25, 0.3) is 5.56 Å². The third-order valence-corrected chi connectivity index (χ3v) is 8.56. The van der Waals surface area contributed by atoms with Gasteiger partial charge in [0.2, 0.25) is 0 Å². The van der Waals surface area contributed by atoms with Crippen molar-refractivity contribution in [2.24, 2.45) is 4.99 Å². The van der Waals surface area contributed by atoms with Crippen LogP contribution in [0.1, 0.15) is 31.0 Å². The summed E-state index contributed by atoms with van der Waals surface area (Å²) in [5.41, 5.74) is 1.74. The predicted molar refractivity (Wildman–Crippen MR) is 156 cm³/mol. The molecule has 0 unspecified atom stereocenters. The van der Waals surface area contributed by atoms with E-state index in [-0.39, 0.29) is 17.7 Å². The summed E-state index contributed by atoms with van der Waals surface area (Å²) >= 11 is 11.8. The normalized spacial score (nSPS) is 15.2. The molecular weight excluding hydrogens is 708 g/mol. The number of allylic oxidation sites excluding steroid dienone is 1. The Balaban J connectivity index is 2.04. The summed E-state index contributed by atoms with van der Waals surface area (Å²) in [7, 11) is 4.63. The van der Waals surface area contributed by atoms with Gasteiger partial charge in [0, 0.05) is 14.5 Å². The molecule has 1 aromatic heterocycles. The van der Waals surface area contributed by atoms with Crippen LogP contribution in [-0.4, -0.2) is 38.5 Å². The smallest absolute Gasteiger partial charge is 0.338 e. The Bertz CT molecular complexity index is 1640. The fraction of sp³-hybridized carbons (Fsp3) is 0.269. The van der Waals surface area contributed by atoms with Crippen molar-refractivity contribution in [3.8, 4) is 17.2 Å². The summed E-state index contributed by atoms with van der Waals surface area (Å²) in [6.45, 7) is 3.64. The second kappa shape index (κ2) is 11.8. The molecule has 1 atom stereocenters. The van der Waals surface area contributed by atoms with Gasteiger partial charge in [-0.15, -0.1) is 0 Å². The SMILES string of the molecule is CCOC(=O)C1=C(C)N=c2s/c(=C\c3cc(Br)cc(Br)c3OC)c(=O)n2[C@@H]1c1cc(OC)c(OC)cc1Br. The molecule has 8 nitrogen and oxygen atoms in total. The number of halogens is 3. The van der Waals surface area contributed by atoms with Crippen LogP contribution < -0.4 is 29.1 Å². The number of aromatic nitrogens is 1. The van der Waals surface area contributed by atoms with E-state index in [0.717, 1.165) is 8.95 Å². The highest BCUT2D eigenvalue weighted by Gasteiger charge is 2.35. The molecule has 0 radical (unpaired) electrons. The van der Waals surface area contributed by atoms with Crippen molar-refractivity contribution in [1.82, 2.24) is 4.57 Å². The van der Waals surface area contributed by atoms with E-state index in [2.05, 4.69) is 52.8 Å². The van der Waals surface area contributed by atoms with E-state index < -0.39 is 12.0 Å². The lowest BCUT2D eigenvalue weighted by atomic mass is 9.95. The third-order valence-electron chi connectivity index (χ3n) is 5.84. The van der Waals surface area contributed by atoms with Gasteiger partial charge in [-0.25, -0.2) is 9.79 Å². The Morgan fingerprint density at radius 3 is 2.37 bits per heavy atom. The van der Waals surface area contributed by atoms with E-state index in [4.69, 9.17) is 18.9 Å². The van der Waals surface area contributed by atoms with Gasteiger partial charge in [0.1, 0.15) is 5.75 Å². The third kappa shape index (κ3) is 5.23. The first-order valence-electron chi connectivity index (χ1n) is 11.3. The summed E-state index contributed by atoms with van der Waals surface area (Å²) in [6.07, 6.45) is 1.75. The van der Waals surface area contributed by atoms with Gasteiger partial charge in [-0.05, 0) is 65.7 Å². The molecular formula is C26H23Br3N2O6S. The first kappa shape index (κ1) is 28.6. The summed E-state index contributed by atoms with van der Waals surface area (Å²) in [4.78, 5) is 32.2. The van der Waals surface area contributed by atoms with Crippen LogP contribution in [-0.2, 0) is 9.53 Å². The van der Waals surface area contributed by atoms with Crippen molar-refractivity contribution in [2.45, 2.75) is 19.9 Å². The average Bonchev–Trinajstić information content (AvgIpc) is 3.17. The molecule has 2 aromatic carbocycles. The topological polar surface area (TPSA) is 88.4 Å². The van der Waals surface area contributed by atoms with E-state index in [1.807, 2.05) is 12.1 Å². The lowest BCUT2D eigenvalue weighted by Gasteiger charge is -2.26. The maximum Gasteiger partial charge on any atom is 0.338 e. The lowest BCUT2D eigenvalue weighted by molar-refractivity contribution is -0.139. The monoisotopic (exact) mass is 728 g/mol. The number of carbonyl (C=O) groups is 1. The minimum absolute atomic E-state index is 0.178. The van der Waals surface area contributed by atoms with Gasteiger partial charge in [-0.3, -0.25) is 9.36 Å². The van der Waals surface area contributed by atoms with Crippen LogP contribution in [0.25, 0.3) is 6.08 Å². The number of benzene rings is 2. The highest BCUT2D eigenvalue weighted by atomic mass is 79.9. The molecule has 38 heavy (non-hydrogen) atoms. The molecule has 0 amide bonds. The van der Waals surface area contributed by atoms with Gasteiger partial charge in [-0.1, -0.05) is 43.2 Å². The number of methoxy groups -OCH3 is 3. The van der Waals surface area contributed by atoms with Gasteiger partial charge < -0.3 is 18.9 Å². The summed E-state index contributed by atoms with van der Waals surface area (Å²) < 4.78 is 26.0. The minimum Gasteiger partial charge on any atom is -0.495 e. The standard InChI is InChI=1S/C26H23Br3N2O6S/c1-6-37-25(33)21-12(2)30-26-31(22(21)15-10-18(34-3)19(35-4)11-16(15)28)24(32)20(38-26)8-13-7-14(27)9-17(29)23(13)36-5/h7-11,22H,6H2,1-5H3/b20-8-/t22-/m1/s1. The Kier molecular flexibility index (Phi) is 8.85. The van der Waals surface area contributed by atoms with Crippen molar-refractivity contribution in [1.29, 1.82) is 0 Å². The van der Waals surface area contributed by atoms with Crippen molar-refractivity contribution in [3.63, 3.8) is 0 Å². The maximum absolute atomic E-state index is 14.0. The second-order valence-electron chi connectivity index (χ2n) is 8.04. The molecule has 0 N–H and O–H groups in total. The van der Waals surface area contributed by atoms with Crippen LogP contribution in [0.3, 0.4) is 0 Å². The Labute approximate surface area is 248 Å². The molecule has 0 fully saturated rings. The predicted octanol–water partition coefficient (Wildman–Crippen LogP) is 5.11. The number of hydrogen-bond acceptors (Lipinski definition) is 8. The maximum atomic E-state index is 14.0. The van der Waals surface area contributed by atoms with E-state index in [0.29, 0.717) is 47.9 Å². The average molecular weight is 731 g/mol. The molecule has 0 bridgehead atoms. The molecule has 2 heterocycles. The highest BCUT2D eigenvalue weighted by molar-refractivity contribution is 9.11. The molecule has 200 valence electrons. The summed E-state index contributed by atoms with van der Waals surface area (Å²) in [5, 5.41) is 0. The van der Waals surface area contributed by atoms with Crippen molar-refractivity contribution in [2.75, 3.05) is 27.9 Å². The highest BCUT2D eigenvalue weighted by Crippen LogP contribution is 2.41. The molecule has 3 aromatic rings. The molecule has 1 aliphatic heterocycles. The number of hydrogen-bond donors (Lipinski definition) is 0. The van der Waals surface area contributed by atoms with Gasteiger partial charge in [-0.2, -0.15) is 0 Å². The molecule has 1 aliphatic rings. The van der Waals surface area contributed by atoms with Crippen LogP contribution in [0.5, 0.6) is 17.2 Å². The number of ether oxygens (including phenoxy) is 4. The number of carbonyl (C=O) groups excluding carboxylic acids is 1. The van der Waals surface area contributed by atoms with E-state index >= 15 is 0 Å². The molecule has 4 rings (SSSR count). The number of thiazole rings is 1. The number of rotatable bonds is 7. The molecule has 0 saturated heterocycles. The number of nitrogens with zero attached hydrogens (tertiary/aromatic N) is 2. The Hall–Kier alpha value is -2.41. The second-order valence-corrected chi connectivity index (χ2v) is 11.7. The molecule has 0 saturated carbocycles. The first-order chi connectivity index (χ1) is 18.1. The zero-order valence-corrected chi connectivity index (χ0v) is 26.6. The molecule has 0 aliphatic carbocycles. The number of fused-ring (bicyclic) bond motifs is 1. The quantitative estimate of drug-likeness (QED) is 0.314. The van der Waals surface area contributed by atoms with Gasteiger partial charge >= 0.3 is 5.97 Å². The fourth-order valence-electron chi connectivity index (χ4n) is 4.21. The zero-order valence-electron chi connectivity index (χ0n) is 21.1. The van der Waals surface area contributed by atoms with E-state index in [1.54, 1.807) is 39.2 Å². The fourth-order valence-corrected chi connectivity index (χ4v) is 7.21. The van der Waals surface area contributed by atoms with Crippen molar-refractivity contribution in [3.05, 3.63) is 79.8 Å². The van der Waals surface area contributed by atoms with Crippen LogP contribution in [0.4, 0.5) is 0 Å². The largest absolute Gasteiger partial charge is 0.495 e. The van der Waals surface area contributed by atoms with Crippen LogP contribution in [0, 0.1) is 0 Å². The number of esters is 1. The van der Waals surface area contributed by atoms with Crippen molar-refractivity contribution < 1.29 is 23.7 Å². The van der Waals surface area contributed by atoms with Gasteiger partial charge in [0.05, 0.1) is 54.3 Å². The molecule has 0 spiro atoms. The van der Waals surface area contributed by atoms with Crippen molar-refractivity contribution >= 4 is 71.2 Å². The molecule has 12 heteroatoms. The minimum atomic E-state index is -0.822. The summed E-state index contributed by atoms with van der Waals surface area (Å²) in [6, 6.07) is 6.39. The van der Waals surface area contributed by atoms with Gasteiger partial charge in [0.15, 0.2) is 16.3 Å². The van der Waals surface area contributed by atoms with Crippen LogP contribution in [0.15, 0.2) is 58.7 Å². The Morgan fingerprint density at radius 2 is 1.74 bits per heavy atom. The summed E-state index contributed by atoms with van der Waals surface area (Å²) in [5.74, 6) is 0.990. The first-order valence-corrected chi connectivity index (χ1v) is 14.5. The van der Waals surface area contributed by atoms with Crippen LogP contribution in [0.2, 0.25) is 0 Å². The lowest BCUT2D eigenvalue weighted by Crippen LogP contribution is -2.40.